The minimum Gasteiger partial charge on any atom is -0.131 e. The molecule has 48 valence electrons. The first kappa shape index (κ1) is 6.73. The van der Waals surface area contributed by atoms with Crippen LogP contribution in [0.1, 0.15) is 13.3 Å². The summed E-state index contributed by atoms with van der Waals surface area (Å²) in [6.45, 7) is 2.17. The van der Waals surface area contributed by atoms with E-state index in [4.69, 9.17) is 0 Å². The van der Waals surface area contributed by atoms with Gasteiger partial charge in [-0.1, -0.05) is 6.92 Å². The van der Waals surface area contributed by atoms with Crippen LogP contribution in [0.2, 0.25) is 0 Å². The highest BCUT2D eigenvalue weighted by atomic mass is 32.2. The van der Waals surface area contributed by atoms with Crippen molar-refractivity contribution in [3.63, 3.8) is 0 Å². The zero-order valence-electron chi connectivity index (χ0n) is 5.55. The molecule has 1 aliphatic rings. The minimum absolute atomic E-state index is 1.08. The Morgan fingerprint density at radius 2 is 2.67 bits per heavy atom. The average molecular weight is 138 g/mol. The Bertz CT molecular complexity index is 171. The molecule has 0 nitrogen and oxygen atoms in total. The van der Waals surface area contributed by atoms with Crippen LogP contribution in [0.25, 0.3) is 0 Å². The van der Waals surface area contributed by atoms with Gasteiger partial charge in [-0.3, -0.25) is 0 Å². The molecule has 0 unspecified atom stereocenters. The van der Waals surface area contributed by atoms with Crippen molar-refractivity contribution >= 4 is 11.8 Å². The molecular formula is C8H10S. The first-order valence-corrected chi connectivity index (χ1v) is 4.15. The maximum atomic E-state index is 3.03. The summed E-state index contributed by atoms with van der Waals surface area (Å²) in [6.07, 6.45) is 7.25. The molecule has 9 heavy (non-hydrogen) atoms. The van der Waals surface area contributed by atoms with Crippen molar-refractivity contribution in [3.05, 3.63) is 28.9 Å². The molecule has 0 aromatic carbocycles. The van der Waals surface area contributed by atoms with Gasteiger partial charge in [0, 0.05) is 6.42 Å². The van der Waals surface area contributed by atoms with Gasteiger partial charge in [0.15, 0.2) is 0 Å². The standard InChI is InChI=1S/C8H10S/c1-2-9-8-6-4-3-5-7-8/h4-6H,2,7H2,1H3. The second-order valence-corrected chi connectivity index (χ2v) is 3.20. The SMILES string of the molecule is CCSC1=CC=C=CC1. The van der Waals surface area contributed by atoms with E-state index < -0.39 is 0 Å². The van der Waals surface area contributed by atoms with Crippen molar-refractivity contribution in [2.24, 2.45) is 0 Å². The maximum Gasteiger partial charge on any atom is 0.00391 e. The summed E-state index contributed by atoms with van der Waals surface area (Å²) in [5.74, 6) is 1.17. The molecular weight excluding hydrogens is 128 g/mol. The van der Waals surface area contributed by atoms with E-state index in [9.17, 15) is 0 Å². The normalized spacial score (nSPS) is 15.9. The van der Waals surface area contributed by atoms with E-state index in [0.29, 0.717) is 0 Å². The fourth-order valence-electron chi connectivity index (χ4n) is 0.729. The Hall–Kier alpha value is -0.390. The molecule has 0 heterocycles. The van der Waals surface area contributed by atoms with E-state index in [1.165, 1.54) is 10.7 Å². The van der Waals surface area contributed by atoms with Crippen LogP contribution in [0.4, 0.5) is 0 Å². The Balaban J connectivity index is 2.45. The predicted octanol–water partition coefficient (Wildman–Crippen LogP) is 2.74. The van der Waals surface area contributed by atoms with Gasteiger partial charge in [0.25, 0.3) is 0 Å². The summed E-state index contributed by atoms with van der Waals surface area (Å²) >= 11 is 1.91. The molecule has 0 radical (unpaired) electrons. The van der Waals surface area contributed by atoms with Crippen LogP contribution < -0.4 is 0 Å². The number of hydrogen-bond acceptors (Lipinski definition) is 1. The third-order valence-electron chi connectivity index (χ3n) is 1.12. The van der Waals surface area contributed by atoms with E-state index >= 15 is 0 Å². The smallest absolute Gasteiger partial charge is 0.00391 e. The van der Waals surface area contributed by atoms with Gasteiger partial charge in [0.1, 0.15) is 0 Å². The lowest BCUT2D eigenvalue weighted by molar-refractivity contribution is 1.34. The summed E-state index contributed by atoms with van der Waals surface area (Å²) in [5, 5.41) is 0. The number of rotatable bonds is 2. The number of thioether (sulfide) groups is 1. The van der Waals surface area contributed by atoms with Gasteiger partial charge < -0.3 is 0 Å². The zero-order valence-corrected chi connectivity index (χ0v) is 6.37. The molecule has 0 atom stereocenters. The molecule has 0 bridgehead atoms. The highest BCUT2D eigenvalue weighted by molar-refractivity contribution is 8.03. The van der Waals surface area contributed by atoms with Crippen LogP contribution in [-0.2, 0) is 0 Å². The number of allylic oxidation sites excluding steroid dienone is 3. The van der Waals surface area contributed by atoms with Crippen LogP contribution >= 0.6 is 11.8 Å². The minimum atomic E-state index is 1.08. The Kier molecular flexibility index (Phi) is 2.69. The molecule has 0 spiro atoms. The lowest BCUT2D eigenvalue weighted by Gasteiger charge is -2.00. The fourth-order valence-corrected chi connectivity index (χ4v) is 1.47. The van der Waals surface area contributed by atoms with E-state index in [1.807, 2.05) is 17.8 Å². The molecule has 0 saturated heterocycles. The molecule has 0 aliphatic heterocycles. The van der Waals surface area contributed by atoms with Crippen molar-refractivity contribution in [3.8, 4) is 0 Å². The molecule has 0 aromatic rings. The van der Waals surface area contributed by atoms with Gasteiger partial charge in [-0.15, -0.1) is 17.5 Å². The summed E-state index contributed by atoms with van der Waals surface area (Å²) in [5.41, 5.74) is 3.03. The van der Waals surface area contributed by atoms with E-state index in [1.54, 1.807) is 0 Å². The van der Waals surface area contributed by atoms with Crippen molar-refractivity contribution in [1.29, 1.82) is 0 Å². The molecule has 1 rings (SSSR count). The molecule has 1 aliphatic carbocycles. The van der Waals surface area contributed by atoms with E-state index in [0.717, 1.165) is 6.42 Å². The number of hydrogen-bond donors (Lipinski definition) is 0. The summed E-state index contributed by atoms with van der Waals surface area (Å²) in [6, 6.07) is 0. The summed E-state index contributed by atoms with van der Waals surface area (Å²) in [4.78, 5) is 1.45. The molecule has 0 N–H and O–H groups in total. The van der Waals surface area contributed by atoms with Gasteiger partial charge in [-0.05, 0) is 28.9 Å². The monoisotopic (exact) mass is 138 g/mol. The van der Waals surface area contributed by atoms with Gasteiger partial charge in [-0.2, -0.15) is 0 Å². The van der Waals surface area contributed by atoms with Crippen LogP contribution in [-0.4, -0.2) is 5.75 Å². The van der Waals surface area contributed by atoms with Crippen molar-refractivity contribution < 1.29 is 0 Å². The molecule has 1 heteroatoms. The second kappa shape index (κ2) is 3.60. The fraction of sp³-hybridized carbons (Fsp3) is 0.375. The Morgan fingerprint density at radius 3 is 3.22 bits per heavy atom. The van der Waals surface area contributed by atoms with Crippen LogP contribution in [0.15, 0.2) is 28.9 Å². The second-order valence-electron chi connectivity index (χ2n) is 1.81. The van der Waals surface area contributed by atoms with Crippen LogP contribution in [0.5, 0.6) is 0 Å². The third-order valence-corrected chi connectivity index (χ3v) is 2.08. The highest BCUT2D eigenvalue weighted by Gasteiger charge is 1.93. The van der Waals surface area contributed by atoms with Crippen LogP contribution in [0.3, 0.4) is 0 Å². The zero-order chi connectivity index (χ0) is 6.53. The van der Waals surface area contributed by atoms with Gasteiger partial charge in [-0.25, -0.2) is 0 Å². The summed E-state index contributed by atoms with van der Waals surface area (Å²) < 4.78 is 0. The lowest BCUT2D eigenvalue weighted by atomic mass is 10.3. The van der Waals surface area contributed by atoms with E-state index in [-0.39, 0.29) is 0 Å². The largest absolute Gasteiger partial charge is 0.131 e. The lowest BCUT2D eigenvalue weighted by Crippen LogP contribution is -1.77. The Morgan fingerprint density at radius 1 is 1.78 bits per heavy atom. The first-order valence-electron chi connectivity index (χ1n) is 3.16. The van der Waals surface area contributed by atoms with Crippen LogP contribution in [0, 0.1) is 0 Å². The quantitative estimate of drug-likeness (QED) is 0.529. The molecule has 0 fully saturated rings. The van der Waals surface area contributed by atoms with Crippen molar-refractivity contribution in [2.75, 3.05) is 5.75 Å². The highest BCUT2D eigenvalue weighted by Crippen LogP contribution is 2.20. The average Bonchev–Trinajstić information content (AvgIpc) is 1.91. The maximum absolute atomic E-state index is 3.03. The van der Waals surface area contributed by atoms with Crippen molar-refractivity contribution in [1.82, 2.24) is 0 Å². The van der Waals surface area contributed by atoms with E-state index in [2.05, 4.69) is 24.8 Å². The first-order chi connectivity index (χ1) is 4.43. The van der Waals surface area contributed by atoms with Gasteiger partial charge >= 0.3 is 0 Å². The third kappa shape index (κ3) is 2.13. The summed E-state index contributed by atoms with van der Waals surface area (Å²) in [7, 11) is 0. The van der Waals surface area contributed by atoms with Gasteiger partial charge in [0.05, 0.1) is 0 Å². The van der Waals surface area contributed by atoms with Gasteiger partial charge in [0.2, 0.25) is 0 Å². The molecule has 0 saturated carbocycles. The Labute approximate surface area is 60.3 Å². The predicted molar refractivity (Wildman–Crippen MR) is 43.5 cm³/mol. The van der Waals surface area contributed by atoms with Crippen molar-refractivity contribution in [2.45, 2.75) is 13.3 Å². The topological polar surface area (TPSA) is 0 Å². The molecule has 0 amide bonds. The molecule has 0 aromatic heterocycles.